The first kappa shape index (κ1) is 24.8. The van der Waals surface area contributed by atoms with Gasteiger partial charge >= 0.3 is 5.97 Å². The number of Topliss-reactive ketones (excluding diaryl/α,β-unsaturated/α-hetero) is 1. The Bertz CT molecular complexity index is 497. The SMILES string of the molecule is CCCCCCC=C[C@H]1[C@H](CO)CC(=O)[C@@H]1CCCCCC(C)(O)C(=O)OC. The zero-order chi connectivity index (χ0) is 21.0. The largest absolute Gasteiger partial charge is 0.467 e. The third-order valence-electron chi connectivity index (χ3n) is 6.01. The molecule has 1 saturated carbocycles. The lowest BCUT2D eigenvalue weighted by Gasteiger charge is -2.21. The Morgan fingerprint density at radius 1 is 1.21 bits per heavy atom. The molecular formula is C23H40O5. The summed E-state index contributed by atoms with van der Waals surface area (Å²) >= 11 is 0. The first-order chi connectivity index (χ1) is 13.4. The number of carbonyl (C=O) groups excluding carboxylic acids is 2. The standard InChI is InChI=1S/C23H40O5/c1-4-5-6-7-8-10-13-19-18(17-24)16-21(25)20(19)14-11-9-12-15-23(2,27)22(26)28-3/h10,13,18-20,24,27H,4-9,11-12,14-17H2,1-3H3/t18-,19-,20+,23?/m0/s1. The molecule has 0 aromatic rings. The van der Waals surface area contributed by atoms with E-state index in [4.69, 9.17) is 0 Å². The Morgan fingerprint density at radius 2 is 1.93 bits per heavy atom. The molecule has 0 radical (unpaired) electrons. The van der Waals surface area contributed by atoms with Crippen molar-refractivity contribution in [3.8, 4) is 0 Å². The summed E-state index contributed by atoms with van der Waals surface area (Å²) in [5.41, 5.74) is -1.44. The maximum atomic E-state index is 12.4. The van der Waals surface area contributed by atoms with Crippen molar-refractivity contribution in [3.63, 3.8) is 0 Å². The van der Waals surface area contributed by atoms with E-state index in [9.17, 15) is 19.8 Å². The molecule has 0 bridgehead atoms. The summed E-state index contributed by atoms with van der Waals surface area (Å²) in [5.74, 6) is -0.161. The minimum atomic E-state index is -1.44. The maximum Gasteiger partial charge on any atom is 0.337 e. The molecule has 0 amide bonds. The first-order valence-corrected chi connectivity index (χ1v) is 11.0. The van der Waals surface area contributed by atoms with Crippen LogP contribution in [0, 0.1) is 17.8 Å². The lowest BCUT2D eigenvalue weighted by Crippen LogP contribution is -2.36. The molecule has 0 aliphatic heterocycles. The molecule has 5 heteroatoms. The summed E-state index contributed by atoms with van der Waals surface area (Å²) in [6, 6.07) is 0. The highest BCUT2D eigenvalue weighted by molar-refractivity contribution is 5.84. The highest BCUT2D eigenvalue weighted by atomic mass is 16.5. The summed E-state index contributed by atoms with van der Waals surface area (Å²) in [6.45, 7) is 3.74. The minimum absolute atomic E-state index is 0.00911. The van der Waals surface area contributed by atoms with Crippen LogP contribution >= 0.6 is 0 Å². The number of ketones is 1. The van der Waals surface area contributed by atoms with Gasteiger partial charge < -0.3 is 14.9 Å². The predicted molar refractivity (Wildman–Crippen MR) is 111 cm³/mol. The number of rotatable bonds is 14. The monoisotopic (exact) mass is 396 g/mol. The molecule has 162 valence electrons. The second-order valence-electron chi connectivity index (χ2n) is 8.44. The highest BCUT2D eigenvalue weighted by Crippen LogP contribution is 2.38. The van der Waals surface area contributed by atoms with Gasteiger partial charge in [0, 0.05) is 18.9 Å². The van der Waals surface area contributed by atoms with Crippen molar-refractivity contribution in [2.75, 3.05) is 13.7 Å². The van der Waals surface area contributed by atoms with Gasteiger partial charge in [0.05, 0.1) is 7.11 Å². The molecule has 4 atom stereocenters. The van der Waals surface area contributed by atoms with Crippen LogP contribution in [0.4, 0.5) is 0 Å². The fraction of sp³-hybridized carbons (Fsp3) is 0.826. The van der Waals surface area contributed by atoms with Crippen LogP contribution in [0.2, 0.25) is 0 Å². The molecule has 0 spiro atoms. The number of hydrogen-bond acceptors (Lipinski definition) is 5. The molecule has 0 saturated heterocycles. The van der Waals surface area contributed by atoms with E-state index in [1.54, 1.807) is 0 Å². The minimum Gasteiger partial charge on any atom is -0.467 e. The van der Waals surface area contributed by atoms with Crippen molar-refractivity contribution in [1.82, 2.24) is 0 Å². The average molecular weight is 397 g/mol. The van der Waals surface area contributed by atoms with Crippen molar-refractivity contribution in [2.45, 2.75) is 90.1 Å². The van der Waals surface area contributed by atoms with Crippen molar-refractivity contribution in [3.05, 3.63) is 12.2 Å². The molecule has 0 heterocycles. The van der Waals surface area contributed by atoms with Crippen molar-refractivity contribution in [1.29, 1.82) is 0 Å². The van der Waals surface area contributed by atoms with E-state index in [0.29, 0.717) is 19.3 Å². The number of carbonyl (C=O) groups is 2. The lowest BCUT2D eigenvalue weighted by atomic mass is 9.85. The van der Waals surface area contributed by atoms with Crippen LogP contribution in [-0.2, 0) is 14.3 Å². The molecule has 1 unspecified atom stereocenters. The molecule has 0 aromatic heterocycles. The molecule has 28 heavy (non-hydrogen) atoms. The van der Waals surface area contributed by atoms with Crippen molar-refractivity contribution in [2.24, 2.45) is 17.8 Å². The Hall–Kier alpha value is -1.20. The van der Waals surface area contributed by atoms with Crippen molar-refractivity contribution >= 4 is 11.8 Å². The van der Waals surface area contributed by atoms with Gasteiger partial charge in [-0.1, -0.05) is 51.2 Å². The van der Waals surface area contributed by atoms with Gasteiger partial charge in [-0.05, 0) is 50.9 Å². The predicted octanol–water partition coefficient (Wildman–Crippen LogP) is 4.20. The zero-order valence-electron chi connectivity index (χ0n) is 18.0. The molecule has 1 aliphatic rings. The van der Waals surface area contributed by atoms with Crippen molar-refractivity contribution < 1.29 is 24.5 Å². The van der Waals surface area contributed by atoms with Crippen LogP contribution in [0.15, 0.2) is 12.2 Å². The normalized spacial score (nSPS) is 24.6. The third-order valence-corrected chi connectivity index (χ3v) is 6.01. The van der Waals surface area contributed by atoms with Gasteiger partial charge in [-0.2, -0.15) is 0 Å². The summed E-state index contributed by atoms with van der Waals surface area (Å²) in [6.07, 6.45) is 14.4. The molecule has 2 N–H and O–H groups in total. The van der Waals surface area contributed by atoms with Crippen LogP contribution in [0.3, 0.4) is 0 Å². The van der Waals surface area contributed by atoms with E-state index in [-0.39, 0.29) is 30.1 Å². The van der Waals surface area contributed by atoms with E-state index in [2.05, 4.69) is 23.8 Å². The molecule has 1 fully saturated rings. The molecule has 5 nitrogen and oxygen atoms in total. The number of allylic oxidation sites excluding steroid dienone is 2. The van der Waals surface area contributed by atoms with Gasteiger partial charge in [0.1, 0.15) is 5.78 Å². The fourth-order valence-corrected chi connectivity index (χ4v) is 4.19. The molecule has 1 rings (SSSR count). The lowest BCUT2D eigenvalue weighted by molar-refractivity contribution is -0.161. The number of hydrogen-bond donors (Lipinski definition) is 2. The van der Waals surface area contributed by atoms with Gasteiger partial charge in [0.2, 0.25) is 0 Å². The number of esters is 1. The maximum absolute atomic E-state index is 12.4. The quantitative estimate of drug-likeness (QED) is 0.261. The van der Waals surface area contributed by atoms with Crippen LogP contribution < -0.4 is 0 Å². The van der Waals surface area contributed by atoms with Crippen LogP contribution in [0.1, 0.15) is 84.5 Å². The summed E-state index contributed by atoms with van der Waals surface area (Å²) in [4.78, 5) is 23.9. The molecular weight excluding hydrogens is 356 g/mol. The smallest absolute Gasteiger partial charge is 0.337 e. The highest BCUT2D eigenvalue weighted by Gasteiger charge is 2.39. The Morgan fingerprint density at radius 3 is 2.57 bits per heavy atom. The second-order valence-corrected chi connectivity index (χ2v) is 8.44. The third kappa shape index (κ3) is 8.04. The number of aliphatic hydroxyl groups excluding tert-OH is 1. The number of methoxy groups -OCH3 is 1. The first-order valence-electron chi connectivity index (χ1n) is 11.0. The van der Waals surface area contributed by atoms with E-state index in [0.717, 1.165) is 25.7 Å². The van der Waals surface area contributed by atoms with Gasteiger partial charge in [0.25, 0.3) is 0 Å². The molecule has 0 aromatic carbocycles. The van der Waals surface area contributed by atoms with Crippen LogP contribution in [-0.4, -0.2) is 41.3 Å². The Balaban J connectivity index is 2.44. The Kier molecular flexibility index (Phi) is 11.6. The van der Waals surface area contributed by atoms with E-state index in [1.807, 2.05) is 0 Å². The number of aliphatic hydroxyl groups is 2. The fourth-order valence-electron chi connectivity index (χ4n) is 4.19. The van der Waals surface area contributed by atoms with E-state index < -0.39 is 11.6 Å². The zero-order valence-corrected chi connectivity index (χ0v) is 18.0. The van der Waals surface area contributed by atoms with E-state index >= 15 is 0 Å². The topological polar surface area (TPSA) is 83.8 Å². The van der Waals surface area contributed by atoms with Gasteiger partial charge in [-0.15, -0.1) is 0 Å². The van der Waals surface area contributed by atoms with Crippen LogP contribution in [0.25, 0.3) is 0 Å². The number of ether oxygens (including phenoxy) is 1. The van der Waals surface area contributed by atoms with Gasteiger partial charge in [-0.25, -0.2) is 4.79 Å². The van der Waals surface area contributed by atoms with E-state index in [1.165, 1.54) is 39.7 Å². The number of unbranched alkanes of at least 4 members (excludes halogenated alkanes) is 6. The van der Waals surface area contributed by atoms with Crippen LogP contribution in [0.5, 0.6) is 0 Å². The van der Waals surface area contributed by atoms with Gasteiger partial charge in [0.15, 0.2) is 5.60 Å². The van der Waals surface area contributed by atoms with Gasteiger partial charge in [-0.3, -0.25) is 4.79 Å². The second kappa shape index (κ2) is 13.1. The summed E-state index contributed by atoms with van der Waals surface area (Å²) in [7, 11) is 1.28. The average Bonchev–Trinajstić information content (AvgIpc) is 2.98. The summed E-state index contributed by atoms with van der Waals surface area (Å²) in [5, 5.41) is 19.7. The Labute approximate surface area is 170 Å². The summed E-state index contributed by atoms with van der Waals surface area (Å²) < 4.78 is 4.61. The molecule has 1 aliphatic carbocycles.